The SMILES string of the molecule is c1cnn(-c2cc(CN3CCC3)ccn2)c1. The van der Waals surface area contributed by atoms with Gasteiger partial charge in [0, 0.05) is 25.1 Å². The zero-order valence-electron chi connectivity index (χ0n) is 9.08. The van der Waals surface area contributed by atoms with Crippen LogP contribution in [0.5, 0.6) is 0 Å². The Balaban J connectivity index is 1.82. The fraction of sp³-hybridized carbons (Fsp3) is 0.333. The number of nitrogens with zero attached hydrogens (tertiary/aromatic N) is 4. The normalized spacial score (nSPS) is 16.0. The summed E-state index contributed by atoms with van der Waals surface area (Å²) in [5.74, 6) is 0.892. The van der Waals surface area contributed by atoms with Crippen molar-refractivity contribution in [1.82, 2.24) is 19.7 Å². The van der Waals surface area contributed by atoms with Crippen molar-refractivity contribution < 1.29 is 0 Å². The summed E-state index contributed by atoms with van der Waals surface area (Å²) in [7, 11) is 0. The molecule has 82 valence electrons. The van der Waals surface area contributed by atoms with Gasteiger partial charge in [0.15, 0.2) is 5.82 Å². The van der Waals surface area contributed by atoms with Gasteiger partial charge in [0.05, 0.1) is 0 Å². The van der Waals surface area contributed by atoms with Crippen LogP contribution in [0.1, 0.15) is 12.0 Å². The van der Waals surface area contributed by atoms with E-state index in [1.165, 1.54) is 25.1 Å². The monoisotopic (exact) mass is 214 g/mol. The van der Waals surface area contributed by atoms with E-state index in [-0.39, 0.29) is 0 Å². The molecule has 0 unspecified atom stereocenters. The van der Waals surface area contributed by atoms with Crippen molar-refractivity contribution in [2.75, 3.05) is 13.1 Å². The first kappa shape index (κ1) is 9.54. The van der Waals surface area contributed by atoms with Crippen molar-refractivity contribution in [2.24, 2.45) is 0 Å². The third kappa shape index (κ3) is 1.84. The Hall–Kier alpha value is -1.68. The maximum absolute atomic E-state index is 4.31. The van der Waals surface area contributed by atoms with Crippen LogP contribution in [0.25, 0.3) is 5.82 Å². The molecule has 0 radical (unpaired) electrons. The van der Waals surface area contributed by atoms with E-state index < -0.39 is 0 Å². The Bertz CT molecular complexity index is 460. The summed E-state index contributed by atoms with van der Waals surface area (Å²) in [5.41, 5.74) is 1.31. The number of hydrogen-bond donors (Lipinski definition) is 0. The van der Waals surface area contributed by atoms with Crippen LogP contribution in [0.2, 0.25) is 0 Å². The molecule has 3 heterocycles. The Kier molecular flexibility index (Phi) is 2.42. The molecule has 0 atom stereocenters. The van der Waals surface area contributed by atoms with Gasteiger partial charge in [-0.15, -0.1) is 0 Å². The molecule has 1 saturated heterocycles. The molecule has 0 aromatic carbocycles. The third-order valence-corrected chi connectivity index (χ3v) is 2.90. The van der Waals surface area contributed by atoms with Crippen molar-refractivity contribution in [3.05, 3.63) is 42.4 Å². The molecular formula is C12H14N4. The van der Waals surface area contributed by atoms with E-state index in [1.807, 2.05) is 18.5 Å². The lowest BCUT2D eigenvalue weighted by Crippen LogP contribution is -2.36. The molecule has 0 bridgehead atoms. The molecule has 2 aromatic rings. The molecule has 1 aliphatic heterocycles. The lowest BCUT2D eigenvalue weighted by atomic mass is 10.1. The molecule has 0 amide bonds. The van der Waals surface area contributed by atoms with Crippen molar-refractivity contribution >= 4 is 0 Å². The Morgan fingerprint density at radius 1 is 1.25 bits per heavy atom. The summed E-state index contributed by atoms with van der Waals surface area (Å²) in [4.78, 5) is 6.75. The molecular weight excluding hydrogens is 200 g/mol. The summed E-state index contributed by atoms with van der Waals surface area (Å²) < 4.78 is 1.79. The first-order valence-electron chi connectivity index (χ1n) is 5.59. The zero-order chi connectivity index (χ0) is 10.8. The minimum atomic E-state index is 0.892. The molecule has 0 saturated carbocycles. The van der Waals surface area contributed by atoms with E-state index in [1.54, 1.807) is 10.9 Å². The molecule has 4 nitrogen and oxygen atoms in total. The van der Waals surface area contributed by atoms with E-state index in [4.69, 9.17) is 0 Å². The second kappa shape index (κ2) is 4.06. The van der Waals surface area contributed by atoms with E-state index in [0.29, 0.717) is 0 Å². The maximum Gasteiger partial charge on any atom is 0.153 e. The van der Waals surface area contributed by atoms with Gasteiger partial charge < -0.3 is 0 Å². The number of rotatable bonds is 3. The van der Waals surface area contributed by atoms with Crippen LogP contribution in [0.15, 0.2) is 36.8 Å². The average molecular weight is 214 g/mol. The van der Waals surface area contributed by atoms with Crippen molar-refractivity contribution in [1.29, 1.82) is 0 Å². The Morgan fingerprint density at radius 2 is 2.19 bits per heavy atom. The largest absolute Gasteiger partial charge is 0.299 e. The third-order valence-electron chi connectivity index (χ3n) is 2.90. The summed E-state index contributed by atoms with van der Waals surface area (Å²) in [6.07, 6.45) is 6.86. The van der Waals surface area contributed by atoms with Crippen molar-refractivity contribution in [2.45, 2.75) is 13.0 Å². The van der Waals surface area contributed by atoms with Gasteiger partial charge in [-0.3, -0.25) is 4.90 Å². The average Bonchev–Trinajstić information content (AvgIpc) is 2.77. The van der Waals surface area contributed by atoms with E-state index in [2.05, 4.69) is 27.1 Å². The second-order valence-electron chi connectivity index (χ2n) is 4.10. The van der Waals surface area contributed by atoms with Crippen molar-refractivity contribution in [3.63, 3.8) is 0 Å². The highest BCUT2D eigenvalue weighted by molar-refractivity contribution is 5.26. The molecule has 0 N–H and O–H groups in total. The van der Waals surface area contributed by atoms with Gasteiger partial charge in [-0.25, -0.2) is 9.67 Å². The molecule has 1 fully saturated rings. The summed E-state index contributed by atoms with van der Waals surface area (Å²) in [6, 6.07) is 6.08. The van der Waals surface area contributed by atoms with Gasteiger partial charge >= 0.3 is 0 Å². The minimum absolute atomic E-state index is 0.892. The highest BCUT2D eigenvalue weighted by atomic mass is 15.3. The lowest BCUT2D eigenvalue weighted by molar-refractivity contribution is 0.172. The number of aromatic nitrogens is 3. The first-order chi connectivity index (χ1) is 7.92. The standard InChI is InChI=1S/C12H14N4/c1-4-14-16(8-1)12-9-11(3-5-13-12)10-15-6-2-7-15/h1,3-5,8-9H,2,6-7,10H2. The summed E-state index contributed by atoms with van der Waals surface area (Å²) in [5, 5.41) is 4.18. The van der Waals surface area contributed by atoms with Crippen LogP contribution in [0.4, 0.5) is 0 Å². The van der Waals surface area contributed by atoms with Gasteiger partial charge in [-0.05, 0) is 43.3 Å². The summed E-state index contributed by atoms with van der Waals surface area (Å²) in [6.45, 7) is 3.47. The molecule has 0 aliphatic carbocycles. The Morgan fingerprint density at radius 3 is 2.88 bits per heavy atom. The molecule has 16 heavy (non-hydrogen) atoms. The van der Waals surface area contributed by atoms with Crippen LogP contribution < -0.4 is 0 Å². The van der Waals surface area contributed by atoms with Crippen molar-refractivity contribution in [3.8, 4) is 5.82 Å². The van der Waals surface area contributed by atoms with Gasteiger partial charge in [0.2, 0.25) is 0 Å². The predicted octanol–water partition coefficient (Wildman–Crippen LogP) is 1.47. The predicted molar refractivity (Wildman–Crippen MR) is 61.3 cm³/mol. The van der Waals surface area contributed by atoms with Crippen LogP contribution in [-0.4, -0.2) is 32.8 Å². The molecule has 3 rings (SSSR count). The molecule has 2 aromatic heterocycles. The van der Waals surface area contributed by atoms with E-state index in [9.17, 15) is 0 Å². The highest BCUT2D eigenvalue weighted by Crippen LogP contribution is 2.13. The van der Waals surface area contributed by atoms with E-state index in [0.717, 1.165) is 12.4 Å². The van der Waals surface area contributed by atoms with Gasteiger partial charge in [-0.1, -0.05) is 0 Å². The van der Waals surface area contributed by atoms with Crippen LogP contribution in [0.3, 0.4) is 0 Å². The van der Waals surface area contributed by atoms with Gasteiger partial charge in [-0.2, -0.15) is 5.10 Å². The second-order valence-corrected chi connectivity index (χ2v) is 4.10. The number of hydrogen-bond acceptors (Lipinski definition) is 3. The fourth-order valence-corrected chi connectivity index (χ4v) is 1.89. The van der Waals surface area contributed by atoms with E-state index >= 15 is 0 Å². The molecule has 4 heteroatoms. The van der Waals surface area contributed by atoms with Crippen LogP contribution >= 0.6 is 0 Å². The van der Waals surface area contributed by atoms with Gasteiger partial charge in [0.1, 0.15) is 0 Å². The summed E-state index contributed by atoms with van der Waals surface area (Å²) >= 11 is 0. The smallest absolute Gasteiger partial charge is 0.153 e. The number of pyridine rings is 1. The topological polar surface area (TPSA) is 34.0 Å². The zero-order valence-corrected chi connectivity index (χ0v) is 9.08. The Labute approximate surface area is 94.5 Å². The highest BCUT2D eigenvalue weighted by Gasteiger charge is 2.13. The quantitative estimate of drug-likeness (QED) is 0.776. The van der Waals surface area contributed by atoms with Crippen LogP contribution in [0, 0.1) is 0 Å². The lowest BCUT2D eigenvalue weighted by Gasteiger charge is -2.30. The molecule has 0 spiro atoms. The van der Waals surface area contributed by atoms with Gasteiger partial charge in [0.25, 0.3) is 0 Å². The maximum atomic E-state index is 4.31. The fourth-order valence-electron chi connectivity index (χ4n) is 1.89. The molecule has 1 aliphatic rings. The van der Waals surface area contributed by atoms with Crippen LogP contribution in [-0.2, 0) is 6.54 Å². The minimum Gasteiger partial charge on any atom is -0.299 e. The first-order valence-corrected chi connectivity index (χ1v) is 5.59. The number of likely N-dealkylation sites (tertiary alicyclic amines) is 1.